The lowest BCUT2D eigenvalue weighted by molar-refractivity contribution is 0.687. The molecule has 2 heterocycles. The highest BCUT2D eigenvalue weighted by atomic mass is 32.2. The molecule has 0 saturated heterocycles. The van der Waals surface area contributed by atoms with E-state index in [2.05, 4.69) is 34.3 Å². The van der Waals surface area contributed by atoms with Gasteiger partial charge in [-0.1, -0.05) is 43.0 Å². The van der Waals surface area contributed by atoms with Crippen LogP contribution < -0.4 is 5.32 Å². The van der Waals surface area contributed by atoms with Crippen LogP contribution in [0.2, 0.25) is 0 Å². The first kappa shape index (κ1) is 13.3. The number of hydrogen-bond donors (Lipinski definition) is 1. The Labute approximate surface area is 115 Å². The van der Waals surface area contributed by atoms with Gasteiger partial charge in [0.15, 0.2) is 4.34 Å². The molecule has 0 atom stereocenters. The first-order chi connectivity index (χ1) is 8.74. The molecule has 0 bridgehead atoms. The summed E-state index contributed by atoms with van der Waals surface area (Å²) in [5.74, 6) is 1.44. The maximum atomic E-state index is 4.28. The van der Waals surface area contributed by atoms with E-state index in [0.29, 0.717) is 5.92 Å². The Bertz CT molecular complexity index is 470. The molecule has 2 aromatic rings. The maximum absolute atomic E-state index is 4.28. The molecule has 96 valence electrons. The van der Waals surface area contributed by atoms with Gasteiger partial charge in [-0.2, -0.15) is 0 Å². The molecule has 0 amide bonds. The van der Waals surface area contributed by atoms with Crippen molar-refractivity contribution in [1.29, 1.82) is 0 Å². The van der Waals surface area contributed by atoms with Gasteiger partial charge in [-0.15, -0.1) is 10.2 Å². The van der Waals surface area contributed by atoms with Crippen LogP contribution in [0.5, 0.6) is 0 Å². The van der Waals surface area contributed by atoms with Gasteiger partial charge in [0.1, 0.15) is 0 Å². The number of anilines is 1. The van der Waals surface area contributed by atoms with Crippen LogP contribution in [0.3, 0.4) is 0 Å². The van der Waals surface area contributed by atoms with Crippen molar-refractivity contribution in [1.82, 2.24) is 15.2 Å². The SMILES string of the molecule is CC(C)CNc1nnc(SCc2ccccn2)s1. The third kappa shape index (κ3) is 4.27. The summed E-state index contributed by atoms with van der Waals surface area (Å²) >= 11 is 3.27. The van der Waals surface area contributed by atoms with Crippen molar-refractivity contribution in [2.45, 2.75) is 23.9 Å². The summed E-state index contributed by atoms with van der Waals surface area (Å²) in [6.07, 6.45) is 1.81. The summed E-state index contributed by atoms with van der Waals surface area (Å²) in [5.41, 5.74) is 1.06. The van der Waals surface area contributed by atoms with E-state index in [0.717, 1.165) is 27.5 Å². The smallest absolute Gasteiger partial charge is 0.206 e. The zero-order valence-corrected chi connectivity index (χ0v) is 12.1. The third-order valence-corrected chi connectivity index (χ3v) is 4.19. The van der Waals surface area contributed by atoms with Crippen molar-refractivity contribution in [3.05, 3.63) is 30.1 Å². The highest BCUT2D eigenvalue weighted by Crippen LogP contribution is 2.27. The number of hydrogen-bond acceptors (Lipinski definition) is 6. The first-order valence-electron chi connectivity index (χ1n) is 5.84. The molecule has 0 spiro atoms. The molecule has 0 saturated carbocycles. The van der Waals surface area contributed by atoms with Crippen molar-refractivity contribution in [3.8, 4) is 0 Å². The van der Waals surface area contributed by atoms with Crippen molar-refractivity contribution >= 4 is 28.2 Å². The van der Waals surface area contributed by atoms with E-state index in [1.165, 1.54) is 0 Å². The second-order valence-corrected chi connectivity index (χ2v) is 6.46. The molecule has 2 aromatic heterocycles. The van der Waals surface area contributed by atoms with E-state index in [1.54, 1.807) is 23.1 Å². The van der Waals surface area contributed by atoms with Gasteiger partial charge in [0, 0.05) is 18.5 Å². The van der Waals surface area contributed by atoms with Crippen molar-refractivity contribution in [2.75, 3.05) is 11.9 Å². The van der Waals surface area contributed by atoms with E-state index >= 15 is 0 Å². The fourth-order valence-corrected chi connectivity index (χ4v) is 2.92. The van der Waals surface area contributed by atoms with E-state index < -0.39 is 0 Å². The van der Waals surface area contributed by atoms with Gasteiger partial charge in [0.25, 0.3) is 0 Å². The minimum atomic E-state index is 0.610. The van der Waals surface area contributed by atoms with Crippen LogP contribution in [-0.4, -0.2) is 21.7 Å². The average Bonchev–Trinajstić information content (AvgIpc) is 2.83. The highest BCUT2D eigenvalue weighted by Gasteiger charge is 2.05. The Morgan fingerprint density at radius 3 is 2.94 bits per heavy atom. The Hall–Kier alpha value is -1.14. The Morgan fingerprint density at radius 1 is 1.33 bits per heavy atom. The number of nitrogens with zero attached hydrogens (tertiary/aromatic N) is 3. The molecule has 0 aromatic carbocycles. The molecule has 0 aliphatic heterocycles. The van der Waals surface area contributed by atoms with Crippen molar-refractivity contribution < 1.29 is 0 Å². The summed E-state index contributed by atoms with van der Waals surface area (Å²) in [6, 6.07) is 5.94. The summed E-state index contributed by atoms with van der Waals surface area (Å²) in [5, 5.41) is 12.4. The second kappa shape index (κ2) is 6.70. The molecule has 0 unspecified atom stereocenters. The Kier molecular flexibility index (Phi) is 4.95. The minimum Gasteiger partial charge on any atom is -0.360 e. The van der Waals surface area contributed by atoms with Crippen molar-refractivity contribution in [3.63, 3.8) is 0 Å². The molecule has 0 aliphatic carbocycles. The summed E-state index contributed by atoms with van der Waals surface area (Å²) in [6.45, 7) is 5.27. The quantitative estimate of drug-likeness (QED) is 0.823. The fraction of sp³-hybridized carbons (Fsp3) is 0.417. The zero-order valence-electron chi connectivity index (χ0n) is 10.5. The number of nitrogens with one attached hydrogen (secondary N) is 1. The molecule has 0 fully saturated rings. The summed E-state index contributed by atoms with van der Waals surface area (Å²) in [7, 11) is 0. The van der Waals surface area contributed by atoms with Crippen LogP contribution in [0.15, 0.2) is 28.7 Å². The zero-order chi connectivity index (χ0) is 12.8. The molecule has 1 N–H and O–H groups in total. The normalized spacial score (nSPS) is 10.8. The van der Waals surface area contributed by atoms with Crippen LogP contribution >= 0.6 is 23.1 Å². The van der Waals surface area contributed by atoms with E-state index in [4.69, 9.17) is 0 Å². The number of aromatic nitrogens is 3. The molecule has 4 nitrogen and oxygen atoms in total. The molecule has 0 radical (unpaired) electrons. The number of thioether (sulfide) groups is 1. The molecular formula is C12H16N4S2. The maximum Gasteiger partial charge on any atom is 0.206 e. The van der Waals surface area contributed by atoms with Gasteiger partial charge in [-0.05, 0) is 18.1 Å². The molecular weight excluding hydrogens is 264 g/mol. The number of rotatable bonds is 6. The Morgan fingerprint density at radius 2 is 2.22 bits per heavy atom. The lowest BCUT2D eigenvalue weighted by Crippen LogP contribution is -2.07. The molecule has 18 heavy (non-hydrogen) atoms. The van der Waals surface area contributed by atoms with Gasteiger partial charge >= 0.3 is 0 Å². The van der Waals surface area contributed by atoms with Crippen LogP contribution in [0.25, 0.3) is 0 Å². The summed E-state index contributed by atoms with van der Waals surface area (Å²) in [4.78, 5) is 4.28. The van der Waals surface area contributed by atoms with E-state index in [9.17, 15) is 0 Å². The number of pyridine rings is 1. The predicted molar refractivity (Wildman–Crippen MR) is 77.0 cm³/mol. The van der Waals surface area contributed by atoms with Gasteiger partial charge in [-0.3, -0.25) is 4.98 Å². The van der Waals surface area contributed by atoms with Crippen LogP contribution in [0, 0.1) is 5.92 Å². The second-order valence-electron chi connectivity index (χ2n) is 4.26. The van der Waals surface area contributed by atoms with E-state index in [-0.39, 0.29) is 0 Å². The summed E-state index contributed by atoms with van der Waals surface area (Å²) < 4.78 is 0.979. The van der Waals surface area contributed by atoms with Crippen molar-refractivity contribution in [2.24, 2.45) is 5.92 Å². The van der Waals surface area contributed by atoms with Gasteiger partial charge in [-0.25, -0.2) is 0 Å². The molecule has 2 rings (SSSR count). The van der Waals surface area contributed by atoms with Gasteiger partial charge < -0.3 is 5.32 Å². The van der Waals surface area contributed by atoms with Gasteiger partial charge in [0.05, 0.1) is 5.69 Å². The fourth-order valence-electron chi connectivity index (χ4n) is 1.25. The molecule has 6 heteroatoms. The topological polar surface area (TPSA) is 50.7 Å². The predicted octanol–water partition coefficient (Wildman–Crippen LogP) is 3.29. The van der Waals surface area contributed by atoms with E-state index in [1.807, 2.05) is 24.4 Å². The monoisotopic (exact) mass is 280 g/mol. The van der Waals surface area contributed by atoms with Crippen LogP contribution in [0.4, 0.5) is 5.13 Å². The van der Waals surface area contributed by atoms with Crippen LogP contribution in [-0.2, 0) is 5.75 Å². The Balaban J connectivity index is 1.83. The first-order valence-corrected chi connectivity index (χ1v) is 7.64. The third-order valence-electron chi connectivity index (χ3n) is 2.14. The highest BCUT2D eigenvalue weighted by molar-refractivity contribution is 8.00. The lowest BCUT2D eigenvalue weighted by Gasteiger charge is -2.03. The standard InChI is InChI=1S/C12H16N4S2/c1-9(2)7-14-11-15-16-12(18-11)17-8-10-5-3-4-6-13-10/h3-6,9H,7-8H2,1-2H3,(H,14,15). The lowest BCUT2D eigenvalue weighted by atomic mass is 10.2. The largest absolute Gasteiger partial charge is 0.360 e. The minimum absolute atomic E-state index is 0.610. The van der Waals surface area contributed by atoms with Gasteiger partial charge in [0.2, 0.25) is 5.13 Å². The average molecular weight is 280 g/mol. The van der Waals surface area contributed by atoms with Crippen LogP contribution in [0.1, 0.15) is 19.5 Å². The molecule has 0 aliphatic rings.